The van der Waals surface area contributed by atoms with Gasteiger partial charge in [0.05, 0.1) is 18.1 Å². The summed E-state index contributed by atoms with van der Waals surface area (Å²) in [6.07, 6.45) is 1.60. The van der Waals surface area contributed by atoms with Crippen molar-refractivity contribution in [3.8, 4) is 0 Å². The summed E-state index contributed by atoms with van der Waals surface area (Å²) in [4.78, 5) is 0. The fraction of sp³-hybridized carbons (Fsp3) is 0.500. The molecule has 0 amide bonds. The number of aliphatic hydroxyl groups excluding tert-OH is 1. The molecular weight excluding hydrogens is 238 g/mol. The molecule has 1 aliphatic rings. The molecule has 1 saturated heterocycles. The number of benzene rings is 1. The number of sulfone groups is 1. The number of hydrogen-bond acceptors (Lipinski definition) is 4. The molecule has 1 fully saturated rings. The van der Waals surface area contributed by atoms with E-state index in [1.807, 2.05) is 24.3 Å². The second-order valence-electron chi connectivity index (χ2n) is 4.46. The molecule has 1 aliphatic heterocycles. The van der Waals surface area contributed by atoms with Crippen LogP contribution in [0.15, 0.2) is 24.3 Å². The Kier molecular flexibility index (Phi) is 3.69. The Morgan fingerprint density at radius 3 is 2.94 bits per heavy atom. The molecule has 1 aromatic carbocycles. The molecule has 2 N–H and O–H groups in total. The lowest BCUT2D eigenvalue weighted by Gasteiger charge is -2.24. The van der Waals surface area contributed by atoms with E-state index in [-0.39, 0.29) is 18.4 Å². The summed E-state index contributed by atoms with van der Waals surface area (Å²) < 4.78 is 23.0. The van der Waals surface area contributed by atoms with Gasteiger partial charge in [-0.3, -0.25) is 0 Å². The summed E-state index contributed by atoms with van der Waals surface area (Å²) in [5.41, 5.74) is 1.70. The van der Waals surface area contributed by atoms with E-state index in [0.29, 0.717) is 5.75 Å². The van der Waals surface area contributed by atoms with E-state index in [1.165, 1.54) is 0 Å². The van der Waals surface area contributed by atoms with Crippen LogP contribution in [0.1, 0.15) is 18.4 Å². The zero-order valence-electron chi connectivity index (χ0n) is 9.59. The standard InChI is InChI=1S/C12H17NO3S/c14-8-10-3-1-4-11(7-10)13-12-5-2-6-17(15,16)9-12/h1,3-4,7,12-14H,2,5-6,8-9H2. The molecule has 0 spiro atoms. The third-order valence-corrected chi connectivity index (χ3v) is 4.76. The van der Waals surface area contributed by atoms with Crippen LogP contribution in [0, 0.1) is 0 Å². The zero-order valence-corrected chi connectivity index (χ0v) is 10.4. The Bertz CT molecular complexity index is 484. The maximum atomic E-state index is 11.5. The van der Waals surface area contributed by atoms with Crippen LogP contribution in [-0.4, -0.2) is 31.1 Å². The number of rotatable bonds is 3. The van der Waals surface area contributed by atoms with Gasteiger partial charge in [0, 0.05) is 11.7 Å². The molecule has 17 heavy (non-hydrogen) atoms. The lowest BCUT2D eigenvalue weighted by Crippen LogP contribution is -2.34. The van der Waals surface area contributed by atoms with Gasteiger partial charge in [0.2, 0.25) is 0 Å². The quantitative estimate of drug-likeness (QED) is 0.851. The van der Waals surface area contributed by atoms with Crippen LogP contribution in [-0.2, 0) is 16.4 Å². The van der Waals surface area contributed by atoms with Crippen LogP contribution < -0.4 is 5.32 Å². The third-order valence-electron chi connectivity index (χ3n) is 2.94. The van der Waals surface area contributed by atoms with Crippen molar-refractivity contribution in [3.63, 3.8) is 0 Å². The van der Waals surface area contributed by atoms with E-state index in [0.717, 1.165) is 24.1 Å². The van der Waals surface area contributed by atoms with Gasteiger partial charge >= 0.3 is 0 Å². The lowest BCUT2D eigenvalue weighted by atomic mass is 10.1. The van der Waals surface area contributed by atoms with Gasteiger partial charge in [0.25, 0.3) is 0 Å². The van der Waals surface area contributed by atoms with Gasteiger partial charge in [0.1, 0.15) is 0 Å². The van der Waals surface area contributed by atoms with Gasteiger partial charge in [0.15, 0.2) is 9.84 Å². The predicted octanol–water partition coefficient (Wildman–Crippen LogP) is 1.17. The van der Waals surface area contributed by atoms with Crippen LogP contribution in [0.2, 0.25) is 0 Å². The van der Waals surface area contributed by atoms with E-state index in [1.54, 1.807) is 0 Å². The summed E-state index contributed by atoms with van der Waals surface area (Å²) in [6.45, 7) is -0.00150. The van der Waals surface area contributed by atoms with Crippen LogP contribution in [0.3, 0.4) is 0 Å². The summed E-state index contributed by atoms with van der Waals surface area (Å²) >= 11 is 0. The first-order valence-electron chi connectivity index (χ1n) is 5.76. The highest BCUT2D eigenvalue weighted by atomic mass is 32.2. The van der Waals surface area contributed by atoms with Crippen LogP contribution in [0.5, 0.6) is 0 Å². The highest BCUT2D eigenvalue weighted by molar-refractivity contribution is 7.91. The molecule has 4 nitrogen and oxygen atoms in total. The van der Waals surface area contributed by atoms with Crippen molar-refractivity contribution in [1.29, 1.82) is 0 Å². The van der Waals surface area contributed by atoms with E-state index >= 15 is 0 Å². The van der Waals surface area contributed by atoms with Gasteiger partial charge in [-0.25, -0.2) is 8.42 Å². The van der Waals surface area contributed by atoms with E-state index in [4.69, 9.17) is 5.11 Å². The zero-order chi connectivity index (χ0) is 12.3. The van der Waals surface area contributed by atoms with E-state index in [9.17, 15) is 8.42 Å². The first kappa shape index (κ1) is 12.4. The van der Waals surface area contributed by atoms with Crippen molar-refractivity contribution < 1.29 is 13.5 Å². The van der Waals surface area contributed by atoms with Gasteiger partial charge < -0.3 is 10.4 Å². The number of anilines is 1. The molecule has 0 aromatic heterocycles. The molecule has 5 heteroatoms. The number of hydrogen-bond donors (Lipinski definition) is 2. The Labute approximate surface area is 102 Å². The Balaban J connectivity index is 2.05. The summed E-state index contributed by atoms with van der Waals surface area (Å²) in [5.74, 6) is 0.512. The summed E-state index contributed by atoms with van der Waals surface area (Å²) in [6, 6.07) is 7.41. The van der Waals surface area contributed by atoms with Crippen molar-refractivity contribution in [2.24, 2.45) is 0 Å². The van der Waals surface area contributed by atoms with Crippen LogP contribution >= 0.6 is 0 Å². The topological polar surface area (TPSA) is 66.4 Å². The minimum Gasteiger partial charge on any atom is -0.392 e. The van der Waals surface area contributed by atoms with Gasteiger partial charge in [-0.1, -0.05) is 12.1 Å². The SMILES string of the molecule is O=S1(=O)CCCC(Nc2cccc(CO)c2)C1. The fourth-order valence-corrected chi connectivity index (χ4v) is 3.77. The van der Waals surface area contributed by atoms with Crippen LogP contribution in [0.25, 0.3) is 0 Å². The normalized spacial score (nSPS) is 23.2. The molecule has 94 valence electrons. The number of nitrogens with one attached hydrogen (secondary N) is 1. The van der Waals surface area contributed by atoms with E-state index in [2.05, 4.69) is 5.32 Å². The Morgan fingerprint density at radius 1 is 1.41 bits per heavy atom. The minimum atomic E-state index is -2.88. The second-order valence-corrected chi connectivity index (χ2v) is 6.69. The molecule has 1 heterocycles. The van der Waals surface area contributed by atoms with Crippen molar-refractivity contribution in [3.05, 3.63) is 29.8 Å². The monoisotopic (exact) mass is 255 g/mol. The summed E-state index contributed by atoms with van der Waals surface area (Å²) in [5, 5.41) is 12.2. The fourth-order valence-electron chi connectivity index (χ4n) is 2.13. The van der Waals surface area contributed by atoms with Crippen molar-refractivity contribution in [2.45, 2.75) is 25.5 Å². The average Bonchev–Trinajstić information content (AvgIpc) is 2.28. The molecule has 0 aliphatic carbocycles. The highest BCUT2D eigenvalue weighted by Gasteiger charge is 2.24. The maximum absolute atomic E-state index is 11.5. The average molecular weight is 255 g/mol. The van der Waals surface area contributed by atoms with Gasteiger partial charge in [-0.2, -0.15) is 0 Å². The molecule has 1 atom stereocenters. The Morgan fingerprint density at radius 2 is 2.24 bits per heavy atom. The third kappa shape index (κ3) is 3.44. The van der Waals surface area contributed by atoms with Gasteiger partial charge in [-0.05, 0) is 30.5 Å². The van der Waals surface area contributed by atoms with Crippen molar-refractivity contribution >= 4 is 15.5 Å². The molecule has 0 saturated carbocycles. The number of aliphatic hydroxyl groups is 1. The maximum Gasteiger partial charge on any atom is 0.152 e. The summed E-state index contributed by atoms with van der Waals surface area (Å²) in [7, 11) is -2.88. The molecule has 2 rings (SSSR count). The van der Waals surface area contributed by atoms with E-state index < -0.39 is 9.84 Å². The first-order valence-corrected chi connectivity index (χ1v) is 7.58. The molecular formula is C12H17NO3S. The molecule has 1 aromatic rings. The predicted molar refractivity (Wildman–Crippen MR) is 67.7 cm³/mol. The molecule has 1 unspecified atom stereocenters. The van der Waals surface area contributed by atoms with Crippen molar-refractivity contribution in [2.75, 3.05) is 16.8 Å². The smallest absolute Gasteiger partial charge is 0.152 e. The lowest BCUT2D eigenvalue weighted by molar-refractivity contribution is 0.282. The Hall–Kier alpha value is -1.07. The second kappa shape index (κ2) is 5.06. The molecule has 0 bridgehead atoms. The highest BCUT2D eigenvalue weighted by Crippen LogP contribution is 2.18. The largest absolute Gasteiger partial charge is 0.392 e. The molecule has 0 radical (unpaired) electrons. The minimum absolute atomic E-state index is 0.00150. The van der Waals surface area contributed by atoms with Crippen LogP contribution in [0.4, 0.5) is 5.69 Å². The van der Waals surface area contributed by atoms with Crippen molar-refractivity contribution in [1.82, 2.24) is 0 Å². The first-order chi connectivity index (χ1) is 8.09. The van der Waals surface area contributed by atoms with Gasteiger partial charge in [-0.15, -0.1) is 0 Å².